The number of hydrogen-bond donors (Lipinski definition) is 0. The summed E-state index contributed by atoms with van der Waals surface area (Å²) < 4.78 is 9.69. The predicted octanol–water partition coefficient (Wildman–Crippen LogP) is 2.28. The molecule has 0 unspecified atom stereocenters. The van der Waals surface area contributed by atoms with Crippen LogP contribution in [-0.4, -0.2) is 50.7 Å². The van der Waals surface area contributed by atoms with Crippen molar-refractivity contribution < 1.29 is 19.1 Å². The summed E-state index contributed by atoms with van der Waals surface area (Å²) in [7, 11) is 3.76. The maximum Gasteiger partial charge on any atom is 0.320 e. The van der Waals surface area contributed by atoms with Gasteiger partial charge >= 0.3 is 11.9 Å². The molecule has 0 N–H and O–H groups in total. The minimum atomic E-state index is -0.803. The summed E-state index contributed by atoms with van der Waals surface area (Å²) in [6.07, 6.45) is 0.421. The van der Waals surface area contributed by atoms with Gasteiger partial charge in [-0.3, -0.25) is 9.59 Å². The van der Waals surface area contributed by atoms with Crippen molar-refractivity contribution in [1.82, 2.24) is 4.90 Å². The minimum absolute atomic E-state index is 0.275. The van der Waals surface area contributed by atoms with E-state index in [9.17, 15) is 9.59 Å². The molecule has 0 saturated carbocycles. The first-order valence-electron chi connectivity index (χ1n) is 6.50. The van der Waals surface area contributed by atoms with Crippen LogP contribution in [0.4, 0.5) is 0 Å². The molecule has 0 fully saturated rings. The molecule has 0 rings (SSSR count). The van der Waals surface area contributed by atoms with Gasteiger partial charge in [0.2, 0.25) is 0 Å². The van der Waals surface area contributed by atoms with Crippen LogP contribution in [0.25, 0.3) is 0 Å². The normalized spacial score (nSPS) is 8.90. The number of rotatable bonds is 7. The zero-order valence-electron chi connectivity index (χ0n) is 13.3. The van der Waals surface area contributed by atoms with Crippen LogP contribution in [0.3, 0.4) is 0 Å². The second kappa shape index (κ2) is 17.4. The molecule has 0 radical (unpaired) electrons. The third-order valence-electron chi connectivity index (χ3n) is 2.01. The van der Waals surface area contributed by atoms with Gasteiger partial charge in [0.25, 0.3) is 0 Å². The molecule has 5 heteroatoms. The highest BCUT2D eigenvalue weighted by Gasteiger charge is 2.29. The first-order valence-corrected chi connectivity index (χ1v) is 6.50. The van der Waals surface area contributed by atoms with Crippen LogP contribution in [0.15, 0.2) is 26.3 Å². The Morgan fingerprint density at radius 1 is 0.950 bits per heavy atom. The van der Waals surface area contributed by atoms with Gasteiger partial charge in [0.15, 0.2) is 5.92 Å². The molecule has 0 aromatic carbocycles. The van der Waals surface area contributed by atoms with Crippen LogP contribution in [0.5, 0.6) is 0 Å². The highest BCUT2D eigenvalue weighted by molar-refractivity contribution is 5.94. The summed E-state index contributed by atoms with van der Waals surface area (Å²) in [4.78, 5) is 25.0. The molecular formula is C15H29NO4. The van der Waals surface area contributed by atoms with Gasteiger partial charge < -0.3 is 14.4 Å². The van der Waals surface area contributed by atoms with Crippen molar-refractivity contribution in [1.29, 1.82) is 0 Å². The lowest BCUT2D eigenvalue weighted by atomic mass is 10.1. The van der Waals surface area contributed by atoms with Crippen LogP contribution in [0.1, 0.15) is 20.3 Å². The number of ether oxygens (including phenoxy) is 2. The number of esters is 2. The fraction of sp³-hybridized carbons (Fsp3) is 0.600. The Morgan fingerprint density at radius 3 is 1.55 bits per heavy atom. The largest absolute Gasteiger partial charge is 0.465 e. The quantitative estimate of drug-likeness (QED) is 0.408. The lowest BCUT2D eigenvalue weighted by Gasteiger charge is -2.16. The van der Waals surface area contributed by atoms with Crippen LogP contribution in [0.2, 0.25) is 0 Å². The summed E-state index contributed by atoms with van der Waals surface area (Å²) in [6.45, 7) is 16.6. The van der Waals surface area contributed by atoms with Gasteiger partial charge in [-0.2, -0.15) is 0 Å². The number of carbonyl (C=O) groups is 2. The first kappa shape index (κ1) is 23.5. The van der Waals surface area contributed by atoms with E-state index in [0.29, 0.717) is 13.0 Å². The maximum absolute atomic E-state index is 11.5. The third kappa shape index (κ3) is 12.8. The Hall–Kier alpha value is -1.62. The molecule has 0 spiro atoms. The van der Waals surface area contributed by atoms with Crippen molar-refractivity contribution in [2.75, 3.05) is 33.9 Å². The number of nitrogens with zero attached hydrogens (tertiary/aromatic N) is 1. The third-order valence-corrected chi connectivity index (χ3v) is 2.01. The summed E-state index contributed by atoms with van der Waals surface area (Å²) in [6, 6.07) is 0. The summed E-state index contributed by atoms with van der Waals surface area (Å²) >= 11 is 0. The minimum Gasteiger partial charge on any atom is -0.465 e. The SMILES string of the molecule is C=C.C=C.CCOC(=O)C(CCN(C)C)C(=O)OCC. The molecule has 0 aliphatic rings. The Labute approximate surface area is 123 Å². The number of carbonyl (C=O) groups excluding carboxylic acids is 2. The van der Waals surface area contributed by atoms with E-state index in [0.717, 1.165) is 0 Å². The molecule has 0 saturated heterocycles. The van der Waals surface area contributed by atoms with E-state index in [-0.39, 0.29) is 13.2 Å². The Morgan fingerprint density at radius 2 is 1.30 bits per heavy atom. The average Bonchev–Trinajstić information content (AvgIpc) is 2.43. The van der Waals surface area contributed by atoms with Crippen molar-refractivity contribution in [2.45, 2.75) is 20.3 Å². The van der Waals surface area contributed by atoms with Gasteiger partial charge in [0, 0.05) is 0 Å². The van der Waals surface area contributed by atoms with E-state index in [2.05, 4.69) is 26.3 Å². The molecule has 0 aromatic heterocycles. The molecule has 0 bridgehead atoms. The molecule has 118 valence electrons. The molecule has 0 aliphatic heterocycles. The molecule has 0 aliphatic carbocycles. The fourth-order valence-corrected chi connectivity index (χ4v) is 1.20. The highest BCUT2D eigenvalue weighted by atomic mass is 16.6. The van der Waals surface area contributed by atoms with Crippen LogP contribution >= 0.6 is 0 Å². The van der Waals surface area contributed by atoms with Gasteiger partial charge in [-0.05, 0) is 40.9 Å². The molecule has 0 heterocycles. The topological polar surface area (TPSA) is 55.8 Å². The van der Waals surface area contributed by atoms with Crippen LogP contribution in [-0.2, 0) is 19.1 Å². The molecular weight excluding hydrogens is 258 g/mol. The Bertz CT molecular complexity index is 234. The standard InChI is InChI=1S/C11H21NO4.2C2H4/c1-5-15-10(13)9(7-8-12(3)4)11(14)16-6-2;2*1-2/h9H,5-8H2,1-4H3;2*1-2H2. The zero-order chi connectivity index (χ0) is 16.6. The lowest BCUT2D eigenvalue weighted by molar-refractivity contribution is -0.162. The van der Waals surface area contributed by atoms with E-state index in [1.165, 1.54) is 0 Å². The van der Waals surface area contributed by atoms with Gasteiger partial charge in [0.1, 0.15) is 0 Å². The second-order valence-electron chi connectivity index (χ2n) is 3.65. The van der Waals surface area contributed by atoms with E-state index < -0.39 is 17.9 Å². The van der Waals surface area contributed by atoms with E-state index in [4.69, 9.17) is 9.47 Å². The summed E-state index contributed by atoms with van der Waals surface area (Å²) in [5.74, 6) is -1.80. The maximum atomic E-state index is 11.5. The smallest absolute Gasteiger partial charge is 0.320 e. The second-order valence-corrected chi connectivity index (χ2v) is 3.65. The van der Waals surface area contributed by atoms with E-state index >= 15 is 0 Å². The van der Waals surface area contributed by atoms with Crippen molar-refractivity contribution in [3.63, 3.8) is 0 Å². The molecule has 0 amide bonds. The van der Waals surface area contributed by atoms with Crippen LogP contribution < -0.4 is 0 Å². The van der Waals surface area contributed by atoms with Crippen LogP contribution in [0, 0.1) is 5.92 Å². The van der Waals surface area contributed by atoms with E-state index in [1.807, 2.05) is 19.0 Å². The Kier molecular flexibility index (Phi) is 20.4. The summed E-state index contributed by atoms with van der Waals surface area (Å²) in [5, 5.41) is 0. The fourth-order valence-electron chi connectivity index (χ4n) is 1.20. The predicted molar refractivity (Wildman–Crippen MR) is 82.4 cm³/mol. The molecule has 0 aromatic rings. The van der Waals surface area contributed by atoms with Gasteiger partial charge in [-0.1, -0.05) is 0 Å². The average molecular weight is 287 g/mol. The zero-order valence-corrected chi connectivity index (χ0v) is 13.3. The van der Waals surface area contributed by atoms with Gasteiger partial charge in [-0.25, -0.2) is 0 Å². The summed E-state index contributed by atoms with van der Waals surface area (Å²) in [5.41, 5.74) is 0. The van der Waals surface area contributed by atoms with Crippen molar-refractivity contribution in [3.8, 4) is 0 Å². The lowest BCUT2D eigenvalue weighted by Crippen LogP contribution is -2.31. The van der Waals surface area contributed by atoms with Gasteiger partial charge in [0.05, 0.1) is 13.2 Å². The van der Waals surface area contributed by atoms with E-state index in [1.54, 1.807) is 13.8 Å². The van der Waals surface area contributed by atoms with Gasteiger partial charge in [-0.15, -0.1) is 26.3 Å². The van der Waals surface area contributed by atoms with Crippen molar-refractivity contribution >= 4 is 11.9 Å². The molecule has 0 atom stereocenters. The molecule has 5 nitrogen and oxygen atoms in total. The first-order chi connectivity index (χ1) is 9.52. The Balaban J connectivity index is -0.000000656. The highest BCUT2D eigenvalue weighted by Crippen LogP contribution is 2.09. The number of hydrogen-bond acceptors (Lipinski definition) is 5. The monoisotopic (exact) mass is 287 g/mol. The van der Waals surface area contributed by atoms with Crippen molar-refractivity contribution in [2.24, 2.45) is 5.92 Å². The molecule has 20 heavy (non-hydrogen) atoms. The van der Waals surface area contributed by atoms with Crippen molar-refractivity contribution in [3.05, 3.63) is 26.3 Å².